The number of nitrogens with zero attached hydrogens (tertiary/aromatic N) is 5. The third kappa shape index (κ3) is 9.65. The lowest BCUT2D eigenvalue weighted by atomic mass is 10.1. The molecule has 1 N–H and O–H groups in total. The second-order valence-electron chi connectivity index (χ2n) is 13.2. The van der Waals surface area contributed by atoms with Gasteiger partial charge in [-0.3, -0.25) is 9.80 Å². The number of aryl methyl sites for hydroxylation is 4. The topological polar surface area (TPSA) is 92.3 Å². The van der Waals surface area contributed by atoms with Crippen molar-refractivity contribution in [2.75, 3.05) is 56.7 Å². The number of hydrogen-bond donors (Lipinski definition) is 1. The summed E-state index contributed by atoms with van der Waals surface area (Å²) >= 11 is 6.35. The molecule has 0 unspecified atom stereocenters. The summed E-state index contributed by atoms with van der Waals surface area (Å²) < 4.78 is 17.8. The molecule has 4 aromatic rings. The van der Waals surface area contributed by atoms with Crippen LogP contribution in [0.4, 0.5) is 22.2 Å². The van der Waals surface area contributed by atoms with E-state index in [1.807, 2.05) is 76.2 Å². The second kappa shape index (κ2) is 17.0. The Hall–Kier alpha value is -4.38. The molecule has 1 saturated heterocycles. The van der Waals surface area contributed by atoms with Crippen LogP contribution in [-0.4, -0.2) is 78.3 Å². The van der Waals surface area contributed by atoms with Gasteiger partial charge in [-0.2, -0.15) is 4.98 Å². The summed E-state index contributed by atoms with van der Waals surface area (Å²) in [5.41, 5.74) is 5.41. The lowest BCUT2D eigenvalue weighted by Crippen LogP contribution is -2.49. The van der Waals surface area contributed by atoms with Crippen LogP contribution in [0.15, 0.2) is 60.8 Å². The zero-order valence-corrected chi connectivity index (χ0v) is 31.0. The van der Waals surface area contributed by atoms with E-state index in [4.69, 9.17) is 30.8 Å². The van der Waals surface area contributed by atoms with E-state index in [9.17, 15) is 4.79 Å². The Morgan fingerprint density at radius 1 is 0.940 bits per heavy atom. The molecule has 0 aliphatic carbocycles. The lowest BCUT2D eigenvalue weighted by molar-refractivity contribution is 0.104. The highest BCUT2D eigenvalue weighted by Crippen LogP contribution is 2.32. The Bertz CT molecular complexity index is 1750. The lowest BCUT2D eigenvalue weighted by Gasteiger charge is -2.36. The first-order valence-corrected chi connectivity index (χ1v) is 17.6. The number of ether oxygens (including phenoxy) is 3. The van der Waals surface area contributed by atoms with Crippen LogP contribution in [0.3, 0.4) is 0 Å². The summed E-state index contributed by atoms with van der Waals surface area (Å²) in [6.07, 6.45) is 1.97. The molecule has 3 aromatic carbocycles. The molecule has 1 aliphatic heterocycles. The average molecular weight is 701 g/mol. The number of nitrogens with one attached hydrogen (secondary N) is 1. The highest BCUT2D eigenvalue weighted by atomic mass is 35.5. The van der Waals surface area contributed by atoms with Crippen molar-refractivity contribution in [3.63, 3.8) is 0 Å². The summed E-state index contributed by atoms with van der Waals surface area (Å²) in [6, 6.07) is 17.5. The second-order valence-corrected chi connectivity index (χ2v) is 13.6. The maximum absolute atomic E-state index is 13.9. The summed E-state index contributed by atoms with van der Waals surface area (Å²) in [6.45, 7) is 18.6. The molecule has 11 heteroatoms. The maximum atomic E-state index is 13.9. The van der Waals surface area contributed by atoms with Crippen LogP contribution in [0.2, 0.25) is 5.02 Å². The van der Waals surface area contributed by atoms with E-state index in [2.05, 4.69) is 33.9 Å². The number of carbonyl (C=O) groups excluding carboxylic acids is 1. The van der Waals surface area contributed by atoms with Crippen molar-refractivity contribution in [3.8, 4) is 17.2 Å². The first-order chi connectivity index (χ1) is 24.0. The van der Waals surface area contributed by atoms with Crippen molar-refractivity contribution in [1.29, 1.82) is 0 Å². The fourth-order valence-electron chi connectivity index (χ4n) is 6.22. The van der Waals surface area contributed by atoms with Gasteiger partial charge in [-0.25, -0.2) is 9.78 Å². The number of piperazine rings is 1. The molecule has 266 valence electrons. The predicted molar refractivity (Wildman–Crippen MR) is 201 cm³/mol. The van der Waals surface area contributed by atoms with Crippen molar-refractivity contribution in [3.05, 3.63) is 93.6 Å². The molecule has 1 fully saturated rings. The van der Waals surface area contributed by atoms with Gasteiger partial charge in [-0.15, -0.1) is 0 Å². The number of amides is 1. The Kier molecular flexibility index (Phi) is 12.6. The molecule has 10 nitrogen and oxygen atoms in total. The number of methoxy groups -OCH3 is 1. The molecule has 1 amide bonds. The van der Waals surface area contributed by atoms with Crippen molar-refractivity contribution in [2.45, 2.75) is 60.5 Å². The Morgan fingerprint density at radius 3 is 2.38 bits per heavy atom. The minimum absolute atomic E-state index is 0.194. The smallest absolute Gasteiger partial charge is 0.421 e. The third-order valence-corrected chi connectivity index (χ3v) is 9.24. The van der Waals surface area contributed by atoms with E-state index in [-0.39, 0.29) is 6.54 Å². The van der Waals surface area contributed by atoms with E-state index >= 15 is 0 Å². The molecule has 0 bridgehead atoms. The fraction of sp³-hybridized carbons (Fsp3) is 0.410. The van der Waals surface area contributed by atoms with E-state index in [1.165, 1.54) is 4.90 Å². The van der Waals surface area contributed by atoms with Crippen LogP contribution < -0.4 is 24.4 Å². The van der Waals surface area contributed by atoms with Crippen molar-refractivity contribution >= 4 is 35.1 Å². The zero-order valence-electron chi connectivity index (χ0n) is 30.3. The minimum Gasteiger partial charge on any atom is -0.493 e. The van der Waals surface area contributed by atoms with Crippen LogP contribution in [0.1, 0.15) is 48.1 Å². The normalized spacial score (nSPS) is 13.7. The predicted octanol–water partition coefficient (Wildman–Crippen LogP) is 8.12. The van der Waals surface area contributed by atoms with Gasteiger partial charge in [-0.1, -0.05) is 35.4 Å². The number of carbonyl (C=O) groups is 1. The number of aromatic nitrogens is 2. The Morgan fingerprint density at radius 2 is 1.68 bits per heavy atom. The van der Waals surface area contributed by atoms with Gasteiger partial charge in [0.1, 0.15) is 11.6 Å². The number of benzene rings is 3. The molecule has 50 heavy (non-hydrogen) atoms. The van der Waals surface area contributed by atoms with Crippen LogP contribution in [0.25, 0.3) is 0 Å². The van der Waals surface area contributed by atoms with Crippen molar-refractivity contribution in [1.82, 2.24) is 19.8 Å². The van der Waals surface area contributed by atoms with Crippen molar-refractivity contribution in [2.24, 2.45) is 0 Å². The van der Waals surface area contributed by atoms with Crippen molar-refractivity contribution < 1.29 is 19.0 Å². The van der Waals surface area contributed by atoms with Gasteiger partial charge < -0.3 is 24.4 Å². The van der Waals surface area contributed by atoms with Crippen LogP contribution in [-0.2, 0) is 6.54 Å². The average Bonchev–Trinajstić information content (AvgIpc) is 3.09. The number of halogens is 1. The molecule has 5 rings (SSSR count). The SMILES string of the molecule is COc1cc(Nc2nccc(N(Cc3cc(Cl)ccc3C)C(=O)Oc3c(C)cc(C)cc3C)n2)ccc1OCCCN1CCN(C(C)C)CC1. The monoisotopic (exact) mass is 700 g/mol. The van der Waals surface area contributed by atoms with E-state index < -0.39 is 6.09 Å². The summed E-state index contributed by atoms with van der Waals surface area (Å²) in [5.74, 6) is 2.47. The van der Waals surface area contributed by atoms with Gasteiger partial charge in [0.15, 0.2) is 11.5 Å². The van der Waals surface area contributed by atoms with E-state index in [1.54, 1.807) is 19.4 Å². The number of rotatable bonds is 13. The highest BCUT2D eigenvalue weighted by molar-refractivity contribution is 6.30. The zero-order chi connectivity index (χ0) is 35.8. The molecule has 0 atom stereocenters. The minimum atomic E-state index is -0.565. The summed E-state index contributed by atoms with van der Waals surface area (Å²) in [5, 5.41) is 3.83. The van der Waals surface area contributed by atoms with Gasteiger partial charge in [0.2, 0.25) is 5.95 Å². The molecule has 1 aromatic heterocycles. The van der Waals surface area contributed by atoms with Gasteiger partial charge in [0, 0.05) is 61.7 Å². The quantitative estimate of drug-likeness (QED) is 0.139. The van der Waals surface area contributed by atoms with E-state index in [0.717, 1.165) is 67.0 Å². The third-order valence-electron chi connectivity index (χ3n) is 9.00. The van der Waals surface area contributed by atoms with Crippen LogP contribution >= 0.6 is 11.6 Å². The highest BCUT2D eigenvalue weighted by Gasteiger charge is 2.24. The van der Waals surface area contributed by atoms with Crippen LogP contribution in [0, 0.1) is 27.7 Å². The molecular formula is C39H49ClN6O4. The number of hydrogen-bond acceptors (Lipinski definition) is 9. The molecule has 0 saturated carbocycles. The molecule has 2 heterocycles. The first-order valence-electron chi connectivity index (χ1n) is 17.2. The van der Waals surface area contributed by atoms with Gasteiger partial charge in [0.05, 0.1) is 20.3 Å². The van der Waals surface area contributed by atoms with E-state index in [0.29, 0.717) is 52.4 Å². The molecule has 0 radical (unpaired) electrons. The maximum Gasteiger partial charge on any atom is 0.421 e. The summed E-state index contributed by atoms with van der Waals surface area (Å²) in [7, 11) is 1.62. The standard InChI is InChI=1S/C39H49ClN6O4/c1-26(2)45-18-16-44(17-19-45)15-8-20-49-34-12-11-33(24-35(34)48-7)42-38-41-14-13-36(43-38)46(25-31-23-32(40)10-9-28(31)4)39(47)50-37-29(5)21-27(3)22-30(37)6/h9-14,21-24,26H,8,15-20,25H2,1-7H3,(H,41,42,43). The van der Waals surface area contributed by atoms with Gasteiger partial charge in [0.25, 0.3) is 0 Å². The largest absolute Gasteiger partial charge is 0.493 e. The Labute approximate surface area is 301 Å². The van der Waals surface area contributed by atoms with Gasteiger partial charge >= 0.3 is 6.09 Å². The Balaban J connectivity index is 1.28. The fourth-order valence-corrected chi connectivity index (χ4v) is 6.41. The van der Waals surface area contributed by atoms with Gasteiger partial charge in [-0.05, 0) is 101 Å². The number of anilines is 3. The molecular weight excluding hydrogens is 652 g/mol. The first kappa shape index (κ1) is 36.9. The summed E-state index contributed by atoms with van der Waals surface area (Å²) in [4.78, 5) is 29.6. The molecule has 1 aliphatic rings. The molecule has 0 spiro atoms. The van der Waals surface area contributed by atoms with Crippen LogP contribution in [0.5, 0.6) is 17.2 Å².